The standard InChI is InChI=1S/C9H11N.C2H6/c1-7-6-10-9-5-3-2-4-8(7)9;1-2/h2-6,8-10H,1H3;1-2H3. The normalized spacial score (nSPS) is 29.8. The molecule has 0 bridgehead atoms. The van der Waals surface area contributed by atoms with E-state index in [1.807, 2.05) is 13.8 Å². The Morgan fingerprint density at radius 3 is 2.50 bits per heavy atom. The molecule has 0 aromatic rings. The van der Waals surface area contributed by atoms with Gasteiger partial charge in [0, 0.05) is 5.92 Å². The molecule has 2 aliphatic rings. The Morgan fingerprint density at radius 2 is 1.83 bits per heavy atom. The molecule has 1 aliphatic heterocycles. The van der Waals surface area contributed by atoms with Gasteiger partial charge < -0.3 is 5.32 Å². The molecule has 2 unspecified atom stereocenters. The summed E-state index contributed by atoms with van der Waals surface area (Å²) in [5, 5.41) is 3.31. The molecule has 0 saturated carbocycles. The van der Waals surface area contributed by atoms with E-state index in [0.29, 0.717) is 12.0 Å². The predicted molar refractivity (Wildman–Crippen MR) is 53.8 cm³/mol. The molecule has 1 heteroatoms. The molecule has 2 atom stereocenters. The Hall–Kier alpha value is -0.980. The first-order valence-electron chi connectivity index (χ1n) is 4.65. The average Bonchev–Trinajstić information content (AvgIpc) is 2.53. The zero-order valence-electron chi connectivity index (χ0n) is 8.04. The van der Waals surface area contributed by atoms with Gasteiger partial charge in [0.2, 0.25) is 0 Å². The SMILES string of the molecule is CC.CC1=CNC2C=CC=CC12. The van der Waals surface area contributed by atoms with E-state index in [0.717, 1.165) is 0 Å². The van der Waals surface area contributed by atoms with Crippen LogP contribution in [0.1, 0.15) is 20.8 Å². The molecule has 0 amide bonds. The number of allylic oxidation sites excluding steroid dienone is 2. The number of hydrogen-bond donors (Lipinski definition) is 1. The van der Waals surface area contributed by atoms with E-state index < -0.39 is 0 Å². The second-order valence-corrected chi connectivity index (χ2v) is 2.88. The molecule has 1 aliphatic carbocycles. The van der Waals surface area contributed by atoms with Gasteiger partial charge in [0.1, 0.15) is 0 Å². The highest BCUT2D eigenvalue weighted by Crippen LogP contribution is 2.24. The molecular formula is C11H17N. The summed E-state index contributed by atoms with van der Waals surface area (Å²) >= 11 is 0. The summed E-state index contributed by atoms with van der Waals surface area (Å²) in [6.07, 6.45) is 10.8. The van der Waals surface area contributed by atoms with Crippen molar-refractivity contribution in [3.8, 4) is 0 Å². The second kappa shape index (κ2) is 4.15. The van der Waals surface area contributed by atoms with E-state index >= 15 is 0 Å². The van der Waals surface area contributed by atoms with Crippen LogP contribution in [0.5, 0.6) is 0 Å². The summed E-state index contributed by atoms with van der Waals surface area (Å²) in [5.41, 5.74) is 1.44. The van der Waals surface area contributed by atoms with Crippen LogP contribution >= 0.6 is 0 Å². The molecule has 1 N–H and O–H groups in total. The molecule has 0 aromatic heterocycles. The lowest BCUT2D eigenvalue weighted by atomic mass is 9.92. The lowest BCUT2D eigenvalue weighted by Crippen LogP contribution is -2.24. The molecule has 2 rings (SSSR count). The number of nitrogens with one attached hydrogen (secondary N) is 1. The summed E-state index contributed by atoms with van der Waals surface area (Å²) in [6.45, 7) is 6.17. The Morgan fingerprint density at radius 1 is 1.17 bits per heavy atom. The first-order valence-corrected chi connectivity index (χ1v) is 4.65. The molecule has 1 heterocycles. The second-order valence-electron chi connectivity index (χ2n) is 2.88. The van der Waals surface area contributed by atoms with Gasteiger partial charge in [0.15, 0.2) is 0 Å². The third-order valence-corrected chi connectivity index (χ3v) is 2.16. The summed E-state index contributed by atoms with van der Waals surface area (Å²) in [5.74, 6) is 0.616. The monoisotopic (exact) mass is 163 g/mol. The number of hydrogen-bond acceptors (Lipinski definition) is 1. The minimum atomic E-state index is 0.532. The Bertz CT molecular complexity index is 223. The van der Waals surface area contributed by atoms with Gasteiger partial charge >= 0.3 is 0 Å². The van der Waals surface area contributed by atoms with Crippen LogP contribution in [0.25, 0.3) is 0 Å². The Labute approximate surface area is 74.9 Å². The fourth-order valence-corrected chi connectivity index (χ4v) is 1.53. The quantitative estimate of drug-likeness (QED) is 0.579. The maximum atomic E-state index is 3.31. The van der Waals surface area contributed by atoms with E-state index in [-0.39, 0.29) is 0 Å². The average molecular weight is 163 g/mol. The van der Waals surface area contributed by atoms with Crippen LogP contribution in [0.3, 0.4) is 0 Å². The van der Waals surface area contributed by atoms with Gasteiger partial charge in [-0.25, -0.2) is 0 Å². The van der Waals surface area contributed by atoms with Crippen molar-refractivity contribution in [1.82, 2.24) is 5.32 Å². The van der Waals surface area contributed by atoms with Gasteiger partial charge in [0.05, 0.1) is 6.04 Å². The topological polar surface area (TPSA) is 12.0 Å². The molecule has 1 nitrogen and oxygen atoms in total. The minimum absolute atomic E-state index is 0.532. The largest absolute Gasteiger partial charge is 0.384 e. The maximum absolute atomic E-state index is 3.31. The van der Waals surface area contributed by atoms with E-state index in [4.69, 9.17) is 0 Å². The van der Waals surface area contributed by atoms with E-state index in [2.05, 4.69) is 42.7 Å². The number of rotatable bonds is 0. The van der Waals surface area contributed by atoms with Gasteiger partial charge in [-0.2, -0.15) is 0 Å². The molecule has 12 heavy (non-hydrogen) atoms. The van der Waals surface area contributed by atoms with Crippen molar-refractivity contribution < 1.29 is 0 Å². The highest BCUT2D eigenvalue weighted by molar-refractivity contribution is 5.30. The fourth-order valence-electron chi connectivity index (χ4n) is 1.53. The van der Waals surface area contributed by atoms with Gasteiger partial charge in [0.25, 0.3) is 0 Å². The molecule has 0 radical (unpaired) electrons. The minimum Gasteiger partial charge on any atom is -0.384 e. The van der Waals surface area contributed by atoms with Crippen LogP contribution in [0.2, 0.25) is 0 Å². The van der Waals surface area contributed by atoms with Crippen LogP contribution < -0.4 is 5.32 Å². The van der Waals surface area contributed by atoms with Gasteiger partial charge in [-0.05, 0) is 18.7 Å². The molecule has 66 valence electrons. The lowest BCUT2D eigenvalue weighted by Gasteiger charge is -2.16. The molecular weight excluding hydrogens is 146 g/mol. The predicted octanol–water partition coefficient (Wildman–Crippen LogP) is 2.63. The van der Waals surface area contributed by atoms with Gasteiger partial charge in [-0.15, -0.1) is 0 Å². The van der Waals surface area contributed by atoms with Crippen molar-refractivity contribution in [2.24, 2.45) is 5.92 Å². The Balaban J connectivity index is 0.000000336. The van der Waals surface area contributed by atoms with Crippen LogP contribution in [-0.4, -0.2) is 6.04 Å². The Kier molecular flexibility index (Phi) is 3.15. The van der Waals surface area contributed by atoms with Crippen molar-refractivity contribution in [3.05, 3.63) is 36.1 Å². The summed E-state index contributed by atoms with van der Waals surface area (Å²) < 4.78 is 0. The van der Waals surface area contributed by atoms with Crippen molar-refractivity contribution in [1.29, 1.82) is 0 Å². The smallest absolute Gasteiger partial charge is 0.0542 e. The highest BCUT2D eigenvalue weighted by Gasteiger charge is 2.23. The third kappa shape index (κ3) is 1.60. The first-order chi connectivity index (χ1) is 5.88. The molecule has 0 spiro atoms. The summed E-state index contributed by atoms with van der Waals surface area (Å²) in [6, 6.07) is 0.532. The third-order valence-electron chi connectivity index (χ3n) is 2.16. The lowest BCUT2D eigenvalue weighted by molar-refractivity contribution is 0.632. The molecule has 0 saturated heterocycles. The van der Waals surface area contributed by atoms with Crippen molar-refractivity contribution >= 4 is 0 Å². The van der Waals surface area contributed by atoms with Crippen LogP contribution in [0.15, 0.2) is 36.1 Å². The van der Waals surface area contributed by atoms with Crippen LogP contribution in [0.4, 0.5) is 0 Å². The number of fused-ring (bicyclic) bond motifs is 1. The summed E-state index contributed by atoms with van der Waals surface area (Å²) in [4.78, 5) is 0. The van der Waals surface area contributed by atoms with E-state index in [1.165, 1.54) is 5.57 Å². The first kappa shape index (κ1) is 9.11. The highest BCUT2D eigenvalue weighted by atomic mass is 14.9. The molecule has 0 fully saturated rings. The zero-order chi connectivity index (χ0) is 8.97. The summed E-state index contributed by atoms with van der Waals surface area (Å²) in [7, 11) is 0. The maximum Gasteiger partial charge on any atom is 0.0542 e. The fraction of sp³-hybridized carbons (Fsp3) is 0.455. The van der Waals surface area contributed by atoms with Crippen LogP contribution in [-0.2, 0) is 0 Å². The van der Waals surface area contributed by atoms with Gasteiger partial charge in [-0.3, -0.25) is 0 Å². The zero-order valence-corrected chi connectivity index (χ0v) is 8.04. The molecule has 0 aromatic carbocycles. The van der Waals surface area contributed by atoms with Gasteiger partial charge in [-0.1, -0.05) is 38.2 Å². The van der Waals surface area contributed by atoms with E-state index in [9.17, 15) is 0 Å². The van der Waals surface area contributed by atoms with Crippen LogP contribution in [0, 0.1) is 5.92 Å². The van der Waals surface area contributed by atoms with Crippen molar-refractivity contribution in [2.45, 2.75) is 26.8 Å². The van der Waals surface area contributed by atoms with E-state index in [1.54, 1.807) is 0 Å². The van der Waals surface area contributed by atoms with Crippen molar-refractivity contribution in [2.75, 3.05) is 0 Å². The van der Waals surface area contributed by atoms with Crippen molar-refractivity contribution in [3.63, 3.8) is 0 Å².